The van der Waals surface area contributed by atoms with Crippen LogP contribution >= 0.6 is 0 Å². The molecule has 8 heteroatoms. The van der Waals surface area contributed by atoms with Crippen LogP contribution in [0.15, 0.2) is 0 Å². The summed E-state index contributed by atoms with van der Waals surface area (Å²) < 4.78 is 5.10. The van der Waals surface area contributed by atoms with Gasteiger partial charge >= 0.3 is 12.0 Å². The van der Waals surface area contributed by atoms with Crippen LogP contribution < -0.4 is 10.6 Å². The number of nitrogens with zero attached hydrogens (tertiary/aromatic N) is 1. The molecule has 1 heterocycles. The van der Waals surface area contributed by atoms with Gasteiger partial charge in [-0.05, 0) is 82.0 Å². The van der Waals surface area contributed by atoms with E-state index in [1.807, 2.05) is 0 Å². The smallest absolute Gasteiger partial charge is 0.326 e. The molecule has 29 heavy (non-hydrogen) atoms. The fourth-order valence-electron chi connectivity index (χ4n) is 6.71. The summed E-state index contributed by atoms with van der Waals surface area (Å²) in [6, 6.07) is -0.570. The van der Waals surface area contributed by atoms with E-state index in [1.54, 1.807) is 6.92 Å². The van der Waals surface area contributed by atoms with Crippen LogP contribution in [0.4, 0.5) is 4.79 Å². The van der Waals surface area contributed by atoms with Crippen molar-refractivity contribution >= 4 is 23.8 Å². The Bertz CT molecular complexity index is 741. The summed E-state index contributed by atoms with van der Waals surface area (Å²) >= 11 is 0. The number of amides is 4. The van der Waals surface area contributed by atoms with E-state index in [0.717, 1.165) is 37.0 Å². The molecule has 0 unspecified atom stereocenters. The van der Waals surface area contributed by atoms with Gasteiger partial charge in [-0.3, -0.25) is 19.3 Å². The molecule has 6 rings (SSSR count). The van der Waals surface area contributed by atoms with Gasteiger partial charge in [-0.1, -0.05) is 0 Å². The summed E-state index contributed by atoms with van der Waals surface area (Å²) in [5.41, 5.74) is -1.05. The van der Waals surface area contributed by atoms with E-state index in [-0.39, 0.29) is 29.9 Å². The molecule has 5 saturated carbocycles. The molecule has 158 valence electrons. The van der Waals surface area contributed by atoms with Gasteiger partial charge in [-0.15, -0.1) is 0 Å². The fourth-order valence-corrected chi connectivity index (χ4v) is 6.71. The quantitative estimate of drug-likeness (QED) is 0.514. The number of hydrogen-bond acceptors (Lipinski definition) is 5. The van der Waals surface area contributed by atoms with Crippen molar-refractivity contribution in [1.29, 1.82) is 0 Å². The number of hydrogen-bond donors (Lipinski definition) is 2. The summed E-state index contributed by atoms with van der Waals surface area (Å²) in [6.07, 6.45) is 8.74. The normalized spacial score (nSPS) is 40.2. The highest BCUT2D eigenvalue weighted by Gasteiger charge is 2.56. The number of imide groups is 1. The molecule has 1 aliphatic heterocycles. The lowest BCUT2D eigenvalue weighted by atomic mass is 9.53. The van der Waals surface area contributed by atoms with Crippen molar-refractivity contribution < 1.29 is 23.9 Å². The summed E-state index contributed by atoms with van der Waals surface area (Å²) in [7, 11) is 0. The van der Waals surface area contributed by atoms with Crippen LogP contribution in [0.2, 0.25) is 0 Å². The predicted molar refractivity (Wildman–Crippen MR) is 101 cm³/mol. The second-order valence-electron chi connectivity index (χ2n) is 10.2. The van der Waals surface area contributed by atoms with Gasteiger partial charge < -0.3 is 15.4 Å². The van der Waals surface area contributed by atoms with Crippen LogP contribution in [0, 0.1) is 23.7 Å². The van der Waals surface area contributed by atoms with Gasteiger partial charge in [0.15, 0.2) is 6.61 Å². The zero-order valence-corrected chi connectivity index (χ0v) is 16.9. The molecule has 0 radical (unpaired) electrons. The highest BCUT2D eigenvalue weighted by atomic mass is 16.5. The maximum absolute atomic E-state index is 12.6. The molecule has 1 saturated heterocycles. The van der Waals surface area contributed by atoms with Crippen LogP contribution in [-0.4, -0.2) is 52.9 Å². The van der Waals surface area contributed by atoms with E-state index >= 15 is 0 Å². The molecule has 6 fully saturated rings. The van der Waals surface area contributed by atoms with E-state index in [4.69, 9.17) is 4.74 Å². The van der Waals surface area contributed by atoms with Gasteiger partial charge in [0.25, 0.3) is 11.8 Å². The molecule has 0 aromatic carbocycles. The Balaban J connectivity index is 1.12. The average Bonchev–Trinajstić information content (AvgIpc) is 3.45. The van der Waals surface area contributed by atoms with Crippen molar-refractivity contribution in [1.82, 2.24) is 15.5 Å². The van der Waals surface area contributed by atoms with Gasteiger partial charge in [0.1, 0.15) is 12.1 Å². The second-order valence-corrected chi connectivity index (χ2v) is 10.2. The van der Waals surface area contributed by atoms with Gasteiger partial charge in [-0.25, -0.2) is 4.79 Å². The Kier molecular flexibility index (Phi) is 4.19. The third-order valence-corrected chi connectivity index (χ3v) is 7.79. The minimum absolute atomic E-state index is 0.130. The largest absolute Gasteiger partial charge is 0.454 e. The Hall–Kier alpha value is -2.12. The van der Waals surface area contributed by atoms with Crippen molar-refractivity contribution in [2.45, 2.75) is 69.4 Å². The monoisotopic (exact) mass is 403 g/mol. The van der Waals surface area contributed by atoms with Crippen LogP contribution in [0.1, 0.15) is 58.3 Å². The third-order valence-electron chi connectivity index (χ3n) is 7.79. The van der Waals surface area contributed by atoms with Crippen LogP contribution in [-0.2, 0) is 19.1 Å². The number of rotatable bonds is 6. The first-order valence-corrected chi connectivity index (χ1v) is 10.9. The molecule has 8 nitrogen and oxygen atoms in total. The Morgan fingerprint density at radius 3 is 2.24 bits per heavy atom. The second kappa shape index (κ2) is 6.44. The van der Waals surface area contributed by atoms with E-state index < -0.39 is 24.1 Å². The highest BCUT2D eigenvalue weighted by Crippen LogP contribution is 2.55. The summed E-state index contributed by atoms with van der Waals surface area (Å²) in [5.74, 6) is 0.847. The van der Waals surface area contributed by atoms with Crippen LogP contribution in [0.25, 0.3) is 0 Å². The lowest BCUT2D eigenvalue weighted by Crippen LogP contribution is -2.60. The minimum atomic E-state index is -0.923. The number of ether oxygens (including phenoxy) is 1. The topological polar surface area (TPSA) is 105 Å². The Morgan fingerprint density at radius 1 is 1.10 bits per heavy atom. The van der Waals surface area contributed by atoms with Crippen molar-refractivity contribution in [2.75, 3.05) is 13.2 Å². The van der Waals surface area contributed by atoms with Crippen molar-refractivity contribution in [3.05, 3.63) is 0 Å². The van der Waals surface area contributed by atoms with Crippen LogP contribution in [0.3, 0.4) is 0 Å². The maximum atomic E-state index is 12.6. The molecule has 0 aromatic heterocycles. The number of carbonyl (C=O) groups is 4. The molecule has 1 atom stereocenters. The van der Waals surface area contributed by atoms with Crippen molar-refractivity contribution in [3.63, 3.8) is 0 Å². The SMILES string of the molecule is C[C@]1(C2CC2)NC(=O)N(CC(=O)OCC(=O)NC23CC4CC(CC(C4)C2)C3)C1=O. The molecule has 6 aliphatic rings. The zero-order valence-electron chi connectivity index (χ0n) is 16.9. The van der Waals surface area contributed by atoms with E-state index in [2.05, 4.69) is 10.6 Å². The number of esters is 1. The first-order chi connectivity index (χ1) is 13.8. The first-order valence-electron chi connectivity index (χ1n) is 10.9. The lowest BCUT2D eigenvalue weighted by Gasteiger charge is -2.56. The van der Waals surface area contributed by atoms with E-state index in [9.17, 15) is 19.2 Å². The van der Waals surface area contributed by atoms with Gasteiger partial charge in [0.2, 0.25) is 0 Å². The highest BCUT2D eigenvalue weighted by molar-refractivity contribution is 6.08. The average molecular weight is 403 g/mol. The third kappa shape index (κ3) is 3.30. The van der Waals surface area contributed by atoms with Crippen molar-refractivity contribution in [2.24, 2.45) is 23.7 Å². The fraction of sp³-hybridized carbons (Fsp3) is 0.810. The molecular weight excluding hydrogens is 374 g/mol. The minimum Gasteiger partial charge on any atom is -0.454 e. The summed E-state index contributed by atoms with van der Waals surface area (Å²) in [5, 5.41) is 5.85. The molecule has 0 spiro atoms. The lowest BCUT2D eigenvalue weighted by molar-refractivity contribution is -0.152. The Morgan fingerprint density at radius 2 is 1.69 bits per heavy atom. The number of carbonyl (C=O) groups excluding carboxylic acids is 4. The van der Waals surface area contributed by atoms with Gasteiger partial charge in [0.05, 0.1) is 0 Å². The van der Waals surface area contributed by atoms with E-state index in [1.165, 1.54) is 19.3 Å². The zero-order chi connectivity index (χ0) is 20.4. The van der Waals surface area contributed by atoms with Crippen molar-refractivity contribution in [3.8, 4) is 0 Å². The van der Waals surface area contributed by atoms with Crippen LogP contribution in [0.5, 0.6) is 0 Å². The number of nitrogens with one attached hydrogen (secondary N) is 2. The molecule has 0 aromatic rings. The molecule has 4 bridgehead atoms. The first kappa shape index (κ1) is 18.9. The standard InChI is InChI=1S/C21H29N3O5/c1-20(15-2-3-15)18(27)24(19(28)23-20)10-17(26)29-11-16(25)22-21-7-12-4-13(8-21)6-14(5-12)9-21/h12-15H,2-11H2,1H3,(H,22,25)(H,23,28)/t12?,13?,14?,20-,21?/m1/s1. The summed E-state index contributed by atoms with van der Waals surface area (Å²) in [6.45, 7) is 0.872. The molecule has 5 aliphatic carbocycles. The summed E-state index contributed by atoms with van der Waals surface area (Å²) in [4.78, 5) is 50.2. The number of urea groups is 1. The van der Waals surface area contributed by atoms with Gasteiger partial charge in [-0.2, -0.15) is 0 Å². The molecule has 4 amide bonds. The predicted octanol–water partition coefficient (Wildman–Crippen LogP) is 1.34. The maximum Gasteiger partial charge on any atom is 0.326 e. The van der Waals surface area contributed by atoms with Gasteiger partial charge in [0, 0.05) is 5.54 Å². The molecule has 2 N–H and O–H groups in total. The van der Waals surface area contributed by atoms with E-state index in [0.29, 0.717) is 17.8 Å². The molecular formula is C21H29N3O5. The Labute approximate surface area is 170 Å².